The van der Waals surface area contributed by atoms with Crippen LogP contribution >= 0.6 is 0 Å². The molecule has 0 atom stereocenters. The summed E-state index contributed by atoms with van der Waals surface area (Å²) in [5.74, 6) is 0.553. The van der Waals surface area contributed by atoms with Crippen LogP contribution in [0.2, 0.25) is 0 Å². The van der Waals surface area contributed by atoms with Crippen molar-refractivity contribution in [2.75, 3.05) is 6.61 Å². The number of carbonyl (C=O) groups excluding carboxylic acids is 2. The molecule has 0 saturated heterocycles. The molecule has 0 aromatic heterocycles. The second-order valence-corrected chi connectivity index (χ2v) is 6.03. The highest BCUT2D eigenvalue weighted by atomic mass is 16.7. The van der Waals surface area contributed by atoms with Crippen LogP contribution in [0.15, 0.2) is 0 Å². The predicted molar refractivity (Wildman–Crippen MR) is 84.9 cm³/mol. The van der Waals surface area contributed by atoms with Gasteiger partial charge in [0, 0.05) is 0 Å². The second-order valence-electron chi connectivity index (χ2n) is 6.03. The summed E-state index contributed by atoms with van der Waals surface area (Å²) in [4.78, 5) is 21.4. The Morgan fingerprint density at radius 3 is 1.36 bits per heavy atom. The van der Waals surface area contributed by atoms with E-state index < -0.39 is 12.3 Å². The maximum absolute atomic E-state index is 10.8. The Kier molecular flexibility index (Phi) is 13.7. The van der Waals surface area contributed by atoms with Crippen LogP contribution in [-0.2, 0) is 18.9 Å². The molecule has 0 amide bonds. The molecule has 0 heterocycles. The smallest absolute Gasteiger partial charge is 0.434 e. The first kappa shape index (κ1) is 22.8. The molecule has 0 rings (SSSR count). The van der Waals surface area contributed by atoms with Gasteiger partial charge in [-0.2, -0.15) is 0 Å². The van der Waals surface area contributed by atoms with Crippen molar-refractivity contribution in [3.05, 3.63) is 0 Å². The molecule has 6 nitrogen and oxygen atoms in total. The lowest BCUT2D eigenvalue weighted by atomic mass is 10.1. The quantitative estimate of drug-likeness (QED) is 0.669. The molecule has 0 saturated carbocycles. The Morgan fingerprint density at radius 2 is 1.05 bits per heavy atom. The molecule has 0 aromatic carbocycles. The average molecular weight is 320 g/mol. The van der Waals surface area contributed by atoms with E-state index in [1.165, 1.54) is 0 Å². The largest absolute Gasteiger partial charge is 0.508 e. The van der Waals surface area contributed by atoms with Crippen LogP contribution < -0.4 is 0 Å². The molecule has 0 aliphatic heterocycles. The molecule has 132 valence electrons. The third-order valence-electron chi connectivity index (χ3n) is 1.91. The van der Waals surface area contributed by atoms with E-state index in [9.17, 15) is 9.59 Å². The lowest BCUT2D eigenvalue weighted by molar-refractivity contribution is 0.0166. The van der Waals surface area contributed by atoms with E-state index in [1.807, 2.05) is 0 Å². The molecule has 0 aromatic rings. The zero-order valence-corrected chi connectivity index (χ0v) is 15.2. The van der Waals surface area contributed by atoms with E-state index in [-0.39, 0.29) is 18.3 Å². The van der Waals surface area contributed by atoms with Crippen molar-refractivity contribution in [2.24, 2.45) is 5.92 Å². The highest BCUT2D eigenvalue weighted by Gasteiger charge is 2.07. The Balaban J connectivity index is 0. The second kappa shape index (κ2) is 13.2. The normalized spacial score (nSPS) is 10.4. The van der Waals surface area contributed by atoms with Gasteiger partial charge >= 0.3 is 12.3 Å². The zero-order valence-electron chi connectivity index (χ0n) is 15.2. The molecular weight excluding hydrogens is 288 g/mol. The summed E-state index contributed by atoms with van der Waals surface area (Å²) in [6.45, 7) is 15.3. The van der Waals surface area contributed by atoms with Gasteiger partial charge in [0.15, 0.2) is 0 Å². The van der Waals surface area contributed by atoms with Crippen molar-refractivity contribution in [2.45, 2.75) is 80.1 Å². The molecule has 0 spiro atoms. The third kappa shape index (κ3) is 20.8. The number of carbonyl (C=O) groups is 2. The maximum atomic E-state index is 10.8. The van der Waals surface area contributed by atoms with Crippen LogP contribution in [0, 0.1) is 5.92 Å². The Morgan fingerprint density at radius 1 is 0.682 bits per heavy atom. The van der Waals surface area contributed by atoms with Crippen molar-refractivity contribution < 1.29 is 28.5 Å². The molecule has 0 N–H and O–H groups in total. The van der Waals surface area contributed by atoms with Crippen LogP contribution in [-0.4, -0.2) is 37.2 Å². The van der Waals surface area contributed by atoms with Crippen molar-refractivity contribution in [1.82, 2.24) is 0 Å². The molecule has 0 aliphatic rings. The number of rotatable bonds is 6. The Labute approximate surface area is 134 Å². The Bertz CT molecular complexity index is 285. The van der Waals surface area contributed by atoms with E-state index in [0.29, 0.717) is 12.5 Å². The van der Waals surface area contributed by atoms with Gasteiger partial charge in [0.05, 0.1) is 24.9 Å². The highest BCUT2D eigenvalue weighted by Crippen LogP contribution is 2.00. The summed E-state index contributed by atoms with van der Waals surface area (Å²) in [5.41, 5.74) is 0. The van der Waals surface area contributed by atoms with E-state index in [1.54, 1.807) is 41.5 Å². The van der Waals surface area contributed by atoms with Crippen molar-refractivity contribution >= 4 is 12.3 Å². The van der Waals surface area contributed by atoms with Crippen LogP contribution in [0.1, 0.15) is 61.8 Å². The van der Waals surface area contributed by atoms with Crippen LogP contribution in [0.5, 0.6) is 0 Å². The van der Waals surface area contributed by atoms with Crippen LogP contribution in [0.25, 0.3) is 0 Å². The number of ether oxygens (including phenoxy) is 4. The van der Waals surface area contributed by atoms with Crippen LogP contribution in [0.3, 0.4) is 0 Å². The van der Waals surface area contributed by atoms with E-state index in [4.69, 9.17) is 18.9 Å². The van der Waals surface area contributed by atoms with E-state index >= 15 is 0 Å². The minimum Gasteiger partial charge on any atom is -0.434 e. The lowest BCUT2D eigenvalue weighted by Crippen LogP contribution is -2.16. The molecule has 22 heavy (non-hydrogen) atoms. The van der Waals surface area contributed by atoms with Crippen molar-refractivity contribution in [3.63, 3.8) is 0 Å². The fourth-order valence-electron chi connectivity index (χ4n) is 1.02. The number of hydrogen-bond donors (Lipinski definition) is 0. The standard InChI is InChI=1S/C9H18O3.C7H14O3/c1-7(2)5-6-11-9(10)12-8(3)4;1-5(2)9-7(8)10-6(3)4/h7-8H,5-6H2,1-4H3;5-6H,1-4H3. The summed E-state index contributed by atoms with van der Waals surface area (Å²) < 4.78 is 19.0. The summed E-state index contributed by atoms with van der Waals surface area (Å²) in [5, 5.41) is 0. The average Bonchev–Trinajstić information content (AvgIpc) is 2.25. The lowest BCUT2D eigenvalue weighted by Gasteiger charge is -2.10. The first-order valence-corrected chi connectivity index (χ1v) is 7.75. The summed E-state index contributed by atoms with van der Waals surface area (Å²) in [6.07, 6.45) is -0.586. The van der Waals surface area contributed by atoms with Gasteiger partial charge in [0.2, 0.25) is 0 Å². The monoisotopic (exact) mass is 320 g/mol. The maximum Gasteiger partial charge on any atom is 0.508 e. The molecule has 0 fully saturated rings. The Hall–Kier alpha value is -1.46. The molecule has 6 heteroatoms. The van der Waals surface area contributed by atoms with E-state index in [0.717, 1.165) is 6.42 Å². The van der Waals surface area contributed by atoms with Gasteiger partial charge < -0.3 is 18.9 Å². The third-order valence-corrected chi connectivity index (χ3v) is 1.91. The van der Waals surface area contributed by atoms with Gasteiger partial charge in [0.1, 0.15) is 0 Å². The van der Waals surface area contributed by atoms with Gasteiger partial charge in [0.25, 0.3) is 0 Å². The van der Waals surface area contributed by atoms with Crippen LogP contribution in [0.4, 0.5) is 9.59 Å². The van der Waals surface area contributed by atoms with E-state index in [2.05, 4.69) is 13.8 Å². The molecular formula is C16H32O6. The van der Waals surface area contributed by atoms with Crippen molar-refractivity contribution in [1.29, 1.82) is 0 Å². The van der Waals surface area contributed by atoms with Gasteiger partial charge in [-0.3, -0.25) is 0 Å². The minimum absolute atomic E-state index is 0.100. The summed E-state index contributed by atoms with van der Waals surface area (Å²) in [7, 11) is 0. The zero-order chi connectivity index (χ0) is 17.7. The topological polar surface area (TPSA) is 71.1 Å². The van der Waals surface area contributed by atoms with Gasteiger partial charge in [-0.15, -0.1) is 0 Å². The van der Waals surface area contributed by atoms with Crippen molar-refractivity contribution in [3.8, 4) is 0 Å². The summed E-state index contributed by atoms with van der Waals surface area (Å²) >= 11 is 0. The molecule has 0 unspecified atom stereocenters. The molecule has 0 aliphatic carbocycles. The minimum atomic E-state index is -0.593. The summed E-state index contributed by atoms with van der Waals surface area (Å²) in [6, 6.07) is 0. The first-order chi connectivity index (χ1) is 10.0. The SMILES string of the molecule is CC(C)CCOC(=O)OC(C)C.CC(C)OC(=O)OC(C)C. The fraction of sp³-hybridized carbons (Fsp3) is 0.875. The van der Waals surface area contributed by atoms with Gasteiger partial charge in [-0.1, -0.05) is 13.8 Å². The first-order valence-electron chi connectivity index (χ1n) is 7.75. The fourth-order valence-corrected chi connectivity index (χ4v) is 1.02. The highest BCUT2D eigenvalue weighted by molar-refractivity contribution is 5.60. The number of hydrogen-bond acceptors (Lipinski definition) is 6. The molecule has 0 bridgehead atoms. The molecule has 0 radical (unpaired) electrons. The van der Waals surface area contributed by atoms with Gasteiger partial charge in [-0.05, 0) is 53.9 Å². The predicted octanol–water partition coefficient (Wildman–Crippen LogP) is 4.55. The van der Waals surface area contributed by atoms with Gasteiger partial charge in [-0.25, -0.2) is 9.59 Å².